The standard InChI is InChI=1S/C24H26N4O2/c29-24(27-22-7-5-19(6-8-22)15-20-9-12-25-13-10-20)28(18-23-4-2-14-30-23)17-21-3-1-11-26-16-21/h1,3,5-13,16,23H,2,4,14-15,17-18H2,(H,27,29)/t23-/m1/s1. The van der Waals surface area contributed by atoms with Crippen LogP contribution in [-0.4, -0.2) is 40.2 Å². The SMILES string of the molecule is O=C(Nc1ccc(Cc2ccncc2)cc1)N(Cc1cccnc1)C[C@H]1CCCO1. The fourth-order valence-corrected chi connectivity index (χ4v) is 3.61. The summed E-state index contributed by atoms with van der Waals surface area (Å²) in [6, 6.07) is 15.7. The molecule has 1 aliphatic rings. The van der Waals surface area contributed by atoms with Crippen molar-refractivity contribution in [3.8, 4) is 0 Å². The van der Waals surface area contributed by atoms with Gasteiger partial charge in [0.2, 0.25) is 0 Å². The molecule has 154 valence electrons. The maximum absolute atomic E-state index is 13.0. The Hall–Kier alpha value is -3.25. The molecule has 4 rings (SSSR count). The highest BCUT2D eigenvalue weighted by Gasteiger charge is 2.23. The molecule has 1 fully saturated rings. The van der Waals surface area contributed by atoms with Crippen molar-refractivity contribution in [2.45, 2.75) is 31.9 Å². The van der Waals surface area contributed by atoms with Crippen LogP contribution in [-0.2, 0) is 17.7 Å². The molecule has 30 heavy (non-hydrogen) atoms. The summed E-state index contributed by atoms with van der Waals surface area (Å²) >= 11 is 0. The number of pyridine rings is 2. The minimum Gasteiger partial charge on any atom is -0.376 e. The molecule has 3 heterocycles. The highest BCUT2D eigenvalue weighted by molar-refractivity contribution is 5.89. The lowest BCUT2D eigenvalue weighted by atomic mass is 10.1. The molecule has 1 aromatic carbocycles. The van der Waals surface area contributed by atoms with Gasteiger partial charge in [0.05, 0.1) is 6.10 Å². The summed E-state index contributed by atoms with van der Waals surface area (Å²) in [6.45, 7) is 1.84. The first-order valence-electron chi connectivity index (χ1n) is 10.3. The highest BCUT2D eigenvalue weighted by atomic mass is 16.5. The quantitative estimate of drug-likeness (QED) is 0.641. The van der Waals surface area contributed by atoms with Gasteiger partial charge in [-0.1, -0.05) is 18.2 Å². The number of carbonyl (C=O) groups is 1. The lowest BCUT2D eigenvalue weighted by Gasteiger charge is -2.26. The van der Waals surface area contributed by atoms with Crippen LogP contribution in [0, 0.1) is 0 Å². The molecule has 3 aromatic rings. The number of carbonyl (C=O) groups excluding carboxylic acids is 1. The Morgan fingerprint density at radius 3 is 2.50 bits per heavy atom. The van der Waals surface area contributed by atoms with E-state index in [2.05, 4.69) is 15.3 Å². The Kier molecular flexibility index (Phi) is 6.67. The van der Waals surface area contributed by atoms with Crippen LogP contribution in [0.25, 0.3) is 0 Å². The number of benzene rings is 1. The van der Waals surface area contributed by atoms with Crippen molar-refractivity contribution in [1.82, 2.24) is 14.9 Å². The average Bonchev–Trinajstić information content (AvgIpc) is 3.29. The first-order chi connectivity index (χ1) is 14.8. The van der Waals surface area contributed by atoms with Gasteiger partial charge < -0.3 is 15.0 Å². The van der Waals surface area contributed by atoms with Gasteiger partial charge in [0.15, 0.2) is 0 Å². The summed E-state index contributed by atoms with van der Waals surface area (Å²) in [6.07, 6.45) is 10.1. The first kappa shape index (κ1) is 20.0. The van der Waals surface area contributed by atoms with Gasteiger partial charge in [-0.3, -0.25) is 9.97 Å². The molecular formula is C24H26N4O2. The van der Waals surface area contributed by atoms with Gasteiger partial charge in [-0.25, -0.2) is 4.79 Å². The number of amides is 2. The monoisotopic (exact) mass is 402 g/mol. The molecule has 0 saturated carbocycles. The van der Waals surface area contributed by atoms with E-state index in [0.29, 0.717) is 13.1 Å². The second kappa shape index (κ2) is 9.98. The van der Waals surface area contributed by atoms with E-state index in [4.69, 9.17) is 4.74 Å². The molecule has 1 saturated heterocycles. The molecule has 2 amide bonds. The van der Waals surface area contributed by atoms with E-state index in [0.717, 1.165) is 37.1 Å². The van der Waals surface area contributed by atoms with Crippen molar-refractivity contribution in [2.75, 3.05) is 18.5 Å². The summed E-state index contributed by atoms with van der Waals surface area (Å²) in [7, 11) is 0. The fraction of sp³-hybridized carbons (Fsp3) is 0.292. The summed E-state index contributed by atoms with van der Waals surface area (Å²) in [5, 5.41) is 3.03. The van der Waals surface area contributed by atoms with E-state index in [1.807, 2.05) is 48.5 Å². The van der Waals surface area contributed by atoms with E-state index in [1.54, 1.807) is 29.7 Å². The number of anilines is 1. The Morgan fingerprint density at radius 2 is 1.80 bits per heavy atom. The van der Waals surface area contributed by atoms with Crippen LogP contribution in [0.5, 0.6) is 0 Å². The van der Waals surface area contributed by atoms with Gasteiger partial charge in [-0.05, 0) is 66.3 Å². The minimum absolute atomic E-state index is 0.0927. The Morgan fingerprint density at radius 1 is 1.00 bits per heavy atom. The van der Waals surface area contributed by atoms with Gasteiger partial charge in [0.25, 0.3) is 0 Å². The predicted molar refractivity (Wildman–Crippen MR) is 116 cm³/mol. The molecule has 6 nitrogen and oxygen atoms in total. The average molecular weight is 402 g/mol. The lowest BCUT2D eigenvalue weighted by Crippen LogP contribution is -2.39. The van der Waals surface area contributed by atoms with Gasteiger partial charge in [0, 0.05) is 50.2 Å². The third-order valence-electron chi connectivity index (χ3n) is 5.19. The van der Waals surface area contributed by atoms with E-state index < -0.39 is 0 Å². The van der Waals surface area contributed by atoms with Crippen LogP contribution in [0.2, 0.25) is 0 Å². The molecule has 0 bridgehead atoms. The van der Waals surface area contributed by atoms with E-state index in [1.165, 1.54) is 11.1 Å². The number of nitrogens with zero attached hydrogens (tertiary/aromatic N) is 3. The van der Waals surface area contributed by atoms with Gasteiger partial charge >= 0.3 is 6.03 Å². The van der Waals surface area contributed by atoms with Crippen molar-refractivity contribution in [1.29, 1.82) is 0 Å². The maximum atomic E-state index is 13.0. The number of nitrogens with one attached hydrogen (secondary N) is 1. The second-order valence-corrected chi connectivity index (χ2v) is 7.54. The number of rotatable bonds is 7. The van der Waals surface area contributed by atoms with Gasteiger partial charge in [0.1, 0.15) is 0 Å². The summed E-state index contributed by atoms with van der Waals surface area (Å²) < 4.78 is 5.75. The molecule has 2 aromatic heterocycles. The number of urea groups is 1. The van der Waals surface area contributed by atoms with Crippen LogP contribution in [0.1, 0.15) is 29.5 Å². The molecule has 6 heteroatoms. The number of hydrogen-bond donors (Lipinski definition) is 1. The van der Waals surface area contributed by atoms with Crippen molar-refractivity contribution in [3.63, 3.8) is 0 Å². The largest absolute Gasteiger partial charge is 0.376 e. The zero-order valence-electron chi connectivity index (χ0n) is 16.9. The lowest BCUT2D eigenvalue weighted by molar-refractivity contribution is 0.0819. The highest BCUT2D eigenvalue weighted by Crippen LogP contribution is 2.18. The van der Waals surface area contributed by atoms with Crippen LogP contribution in [0.3, 0.4) is 0 Å². The Balaban J connectivity index is 1.40. The van der Waals surface area contributed by atoms with E-state index in [-0.39, 0.29) is 12.1 Å². The molecule has 0 aliphatic carbocycles. The topological polar surface area (TPSA) is 67.4 Å². The van der Waals surface area contributed by atoms with E-state index >= 15 is 0 Å². The number of aromatic nitrogens is 2. The van der Waals surface area contributed by atoms with Crippen LogP contribution in [0.15, 0.2) is 73.3 Å². The maximum Gasteiger partial charge on any atom is 0.322 e. The molecule has 0 spiro atoms. The first-order valence-corrected chi connectivity index (χ1v) is 10.3. The smallest absolute Gasteiger partial charge is 0.322 e. The molecule has 1 N–H and O–H groups in total. The Labute approximate surface area is 176 Å². The third-order valence-corrected chi connectivity index (χ3v) is 5.19. The summed E-state index contributed by atoms with van der Waals surface area (Å²) in [4.78, 5) is 23.0. The fourth-order valence-electron chi connectivity index (χ4n) is 3.61. The van der Waals surface area contributed by atoms with E-state index in [9.17, 15) is 4.79 Å². The molecule has 1 atom stereocenters. The van der Waals surface area contributed by atoms with Crippen molar-refractivity contribution in [2.24, 2.45) is 0 Å². The molecule has 1 aliphatic heterocycles. The van der Waals surface area contributed by atoms with Crippen molar-refractivity contribution in [3.05, 3.63) is 90.0 Å². The zero-order valence-corrected chi connectivity index (χ0v) is 16.9. The van der Waals surface area contributed by atoms with Gasteiger partial charge in [-0.2, -0.15) is 0 Å². The summed E-state index contributed by atoms with van der Waals surface area (Å²) in [5.74, 6) is 0. The van der Waals surface area contributed by atoms with Crippen LogP contribution in [0.4, 0.5) is 10.5 Å². The van der Waals surface area contributed by atoms with Crippen molar-refractivity contribution < 1.29 is 9.53 Å². The zero-order chi connectivity index (χ0) is 20.6. The molecule has 0 unspecified atom stereocenters. The predicted octanol–water partition coefficient (Wildman–Crippen LogP) is 4.28. The summed E-state index contributed by atoms with van der Waals surface area (Å²) in [5.41, 5.74) is 4.17. The third kappa shape index (κ3) is 5.64. The molecule has 0 radical (unpaired) electrons. The Bertz CT molecular complexity index is 926. The van der Waals surface area contributed by atoms with Crippen LogP contribution < -0.4 is 5.32 Å². The molecular weight excluding hydrogens is 376 g/mol. The minimum atomic E-state index is -0.128. The number of ether oxygens (including phenoxy) is 1. The van der Waals surface area contributed by atoms with Crippen LogP contribution >= 0.6 is 0 Å². The second-order valence-electron chi connectivity index (χ2n) is 7.54. The normalized spacial score (nSPS) is 15.7. The van der Waals surface area contributed by atoms with Crippen molar-refractivity contribution >= 4 is 11.7 Å². The van der Waals surface area contributed by atoms with Gasteiger partial charge in [-0.15, -0.1) is 0 Å². The number of hydrogen-bond acceptors (Lipinski definition) is 4.